The molecule has 2 unspecified atom stereocenters. The molecule has 0 fully saturated rings. The van der Waals surface area contributed by atoms with Crippen LogP contribution in [0.1, 0.15) is 54.4 Å². The van der Waals surface area contributed by atoms with E-state index in [1.54, 1.807) is 32.0 Å². The average Bonchev–Trinajstić information content (AvgIpc) is 3.09. The van der Waals surface area contributed by atoms with E-state index in [4.69, 9.17) is 21.1 Å². The van der Waals surface area contributed by atoms with Gasteiger partial charge in [0.15, 0.2) is 0 Å². The van der Waals surface area contributed by atoms with Gasteiger partial charge in [-0.05, 0) is 54.7 Å². The van der Waals surface area contributed by atoms with Crippen molar-refractivity contribution in [1.82, 2.24) is 4.90 Å². The summed E-state index contributed by atoms with van der Waals surface area (Å²) in [6, 6.07) is 36.4. The van der Waals surface area contributed by atoms with Crippen molar-refractivity contribution < 1.29 is 23.9 Å². The van der Waals surface area contributed by atoms with Crippen molar-refractivity contribution in [3.05, 3.63) is 154 Å². The predicted octanol–water partition coefficient (Wildman–Crippen LogP) is 8.35. The number of aliphatic imine (C=N–C) groups is 1. The van der Waals surface area contributed by atoms with Gasteiger partial charge in [0.1, 0.15) is 6.61 Å². The van der Waals surface area contributed by atoms with Crippen LogP contribution < -0.4 is 0 Å². The minimum Gasteiger partial charge on any atom is -0.462 e. The molecule has 0 N–H and O–H groups in total. The van der Waals surface area contributed by atoms with E-state index in [1.807, 2.05) is 72.8 Å². The Hall–Kier alpha value is -5.01. The molecule has 7 nitrogen and oxygen atoms in total. The number of ether oxygens (including phenoxy) is 2. The number of benzene rings is 4. The molecule has 4 aromatic carbocycles. The number of hydrogen-bond donors (Lipinski definition) is 0. The van der Waals surface area contributed by atoms with E-state index in [2.05, 4.69) is 29.3 Å². The van der Waals surface area contributed by atoms with Crippen molar-refractivity contribution in [1.29, 1.82) is 0 Å². The van der Waals surface area contributed by atoms with Gasteiger partial charge >= 0.3 is 12.1 Å². The zero-order valence-electron chi connectivity index (χ0n) is 26.6. The molecule has 1 heterocycles. The smallest absolute Gasteiger partial charge is 0.416 e. The zero-order valence-corrected chi connectivity index (χ0v) is 27.4. The number of nitrogens with zero attached hydrogens (tertiary/aromatic N) is 2. The molecule has 2 amide bonds. The second kappa shape index (κ2) is 15.5. The molecular weight excluding hydrogens is 612 g/mol. The molecule has 2 atom stereocenters. The lowest BCUT2D eigenvalue weighted by Crippen LogP contribution is -2.45. The van der Waals surface area contributed by atoms with E-state index in [0.29, 0.717) is 28.4 Å². The largest absolute Gasteiger partial charge is 0.462 e. The molecule has 0 saturated carbocycles. The maximum absolute atomic E-state index is 14.1. The minimum absolute atomic E-state index is 0.0102. The van der Waals surface area contributed by atoms with Gasteiger partial charge in [-0.25, -0.2) is 14.5 Å². The lowest BCUT2D eigenvalue weighted by Gasteiger charge is -2.34. The maximum atomic E-state index is 14.1. The summed E-state index contributed by atoms with van der Waals surface area (Å²) >= 11 is 6.41. The molecule has 8 heteroatoms. The number of rotatable bonds is 10. The molecular formula is C39H37ClN2O5. The van der Waals surface area contributed by atoms with E-state index in [0.717, 1.165) is 21.6 Å². The monoisotopic (exact) mass is 648 g/mol. The Bertz CT molecular complexity index is 1730. The molecule has 0 saturated heterocycles. The quantitative estimate of drug-likeness (QED) is 0.161. The topological polar surface area (TPSA) is 85.3 Å². The first-order valence-corrected chi connectivity index (χ1v) is 15.9. The normalized spacial score (nSPS) is 16.0. The van der Waals surface area contributed by atoms with E-state index in [-0.39, 0.29) is 24.7 Å². The van der Waals surface area contributed by atoms with Gasteiger partial charge in [-0.3, -0.25) is 9.79 Å². The average molecular weight is 649 g/mol. The molecule has 0 radical (unpaired) electrons. The molecule has 1 aliphatic rings. The Morgan fingerprint density at radius 3 is 2.00 bits per heavy atom. The first-order chi connectivity index (χ1) is 22.7. The van der Waals surface area contributed by atoms with Crippen LogP contribution in [0.4, 0.5) is 4.79 Å². The van der Waals surface area contributed by atoms with Gasteiger partial charge in [-0.15, -0.1) is 0 Å². The van der Waals surface area contributed by atoms with Crippen molar-refractivity contribution in [3.8, 4) is 0 Å². The molecule has 1 aliphatic heterocycles. The van der Waals surface area contributed by atoms with Gasteiger partial charge in [0.2, 0.25) is 5.91 Å². The van der Waals surface area contributed by atoms with Gasteiger partial charge in [-0.1, -0.05) is 115 Å². The number of imide groups is 1. The highest BCUT2D eigenvalue weighted by atomic mass is 35.5. The number of hydrogen-bond acceptors (Lipinski definition) is 6. The van der Waals surface area contributed by atoms with Crippen LogP contribution in [0.2, 0.25) is 5.02 Å². The van der Waals surface area contributed by atoms with E-state index < -0.39 is 29.8 Å². The summed E-state index contributed by atoms with van der Waals surface area (Å²) in [5.41, 5.74) is 4.82. The van der Waals surface area contributed by atoms with Crippen LogP contribution in [0.25, 0.3) is 0 Å². The number of carbonyl (C=O) groups excluding carboxylic acids is 3. The lowest BCUT2D eigenvalue weighted by molar-refractivity contribution is -0.139. The Kier molecular flexibility index (Phi) is 11.0. The van der Waals surface area contributed by atoms with Crippen LogP contribution in [-0.4, -0.2) is 42.2 Å². The van der Waals surface area contributed by atoms with Gasteiger partial charge in [-0.2, -0.15) is 0 Å². The fourth-order valence-corrected chi connectivity index (χ4v) is 6.24. The summed E-state index contributed by atoms with van der Waals surface area (Å²) < 4.78 is 11.4. The second-order valence-corrected chi connectivity index (χ2v) is 11.9. The Balaban J connectivity index is 1.39. The van der Waals surface area contributed by atoms with Crippen LogP contribution in [0, 0.1) is 5.92 Å². The highest BCUT2D eigenvalue weighted by Crippen LogP contribution is 2.41. The molecule has 47 heavy (non-hydrogen) atoms. The van der Waals surface area contributed by atoms with Crippen molar-refractivity contribution in [2.45, 2.75) is 38.7 Å². The van der Waals surface area contributed by atoms with Crippen LogP contribution in [-0.2, 0) is 25.7 Å². The van der Waals surface area contributed by atoms with E-state index in [1.165, 1.54) is 7.05 Å². The molecule has 0 spiro atoms. The Labute approximate surface area is 280 Å². The number of halogens is 1. The summed E-state index contributed by atoms with van der Waals surface area (Å²) in [7, 11) is 1.37. The van der Waals surface area contributed by atoms with E-state index in [9.17, 15) is 14.4 Å². The Morgan fingerprint density at radius 2 is 1.40 bits per heavy atom. The Morgan fingerprint density at radius 1 is 0.809 bits per heavy atom. The van der Waals surface area contributed by atoms with Crippen LogP contribution >= 0.6 is 11.6 Å². The molecule has 4 aromatic rings. The van der Waals surface area contributed by atoms with Crippen molar-refractivity contribution in [2.24, 2.45) is 10.9 Å². The maximum Gasteiger partial charge on any atom is 0.416 e. The number of allylic oxidation sites excluding steroid dienone is 1. The van der Waals surface area contributed by atoms with Crippen molar-refractivity contribution in [2.75, 3.05) is 13.7 Å². The summed E-state index contributed by atoms with van der Waals surface area (Å²) in [6.45, 7) is 3.60. The molecule has 0 bridgehead atoms. The van der Waals surface area contributed by atoms with Gasteiger partial charge in [0, 0.05) is 35.3 Å². The number of esters is 1. The first-order valence-electron chi connectivity index (χ1n) is 15.5. The minimum atomic E-state index is -0.977. The zero-order chi connectivity index (χ0) is 33.3. The highest BCUT2D eigenvalue weighted by molar-refractivity contribution is 6.30. The van der Waals surface area contributed by atoms with Crippen molar-refractivity contribution in [3.63, 3.8) is 0 Å². The van der Waals surface area contributed by atoms with Crippen LogP contribution in [0.15, 0.2) is 132 Å². The third-order valence-electron chi connectivity index (χ3n) is 8.38. The molecule has 5 rings (SSSR count). The summed E-state index contributed by atoms with van der Waals surface area (Å²) in [4.78, 5) is 46.6. The third kappa shape index (κ3) is 8.05. The summed E-state index contributed by atoms with van der Waals surface area (Å²) in [5.74, 6) is -2.89. The van der Waals surface area contributed by atoms with Gasteiger partial charge in [0.25, 0.3) is 0 Å². The number of amides is 2. The third-order valence-corrected chi connectivity index (χ3v) is 8.61. The standard InChI is InChI=1S/C39H37ClN2O5/c1-26-34(37(43)42(3)39(45)47-25-28-14-7-4-8-15-28)36(31-20-13-21-32(40)24-31)35(27(2)41-26)38(44)46-23-22-33(29-16-9-5-10-17-29)30-18-11-6-12-19-30/h4-21,24,33-34,36H,22-23,25H2,1-3H3. The predicted molar refractivity (Wildman–Crippen MR) is 183 cm³/mol. The molecule has 240 valence electrons. The van der Waals surface area contributed by atoms with E-state index >= 15 is 0 Å². The SMILES string of the molecule is CC1=NC(C)=C(C(=O)OCCC(c2ccccc2)c2ccccc2)C(c2cccc(Cl)c2)C1C(=O)N(C)C(=O)OCc1ccccc1. The van der Waals surface area contributed by atoms with Gasteiger partial charge in [0.05, 0.1) is 18.1 Å². The van der Waals surface area contributed by atoms with Crippen molar-refractivity contribution >= 4 is 35.3 Å². The fourth-order valence-electron chi connectivity index (χ4n) is 6.04. The van der Waals surface area contributed by atoms with Gasteiger partial charge < -0.3 is 9.47 Å². The highest BCUT2D eigenvalue weighted by Gasteiger charge is 2.44. The summed E-state index contributed by atoms with van der Waals surface area (Å²) in [5, 5.41) is 0.448. The van der Waals surface area contributed by atoms with Crippen LogP contribution in [0.3, 0.4) is 0 Å². The first kappa shape index (κ1) is 33.4. The number of carbonyl (C=O) groups is 3. The fraction of sp³-hybridized carbons (Fsp3) is 0.231. The lowest BCUT2D eigenvalue weighted by atomic mass is 9.75. The second-order valence-electron chi connectivity index (χ2n) is 11.5. The molecule has 0 aliphatic carbocycles. The summed E-state index contributed by atoms with van der Waals surface area (Å²) in [6.07, 6.45) is -0.256. The van der Waals surface area contributed by atoms with Crippen LogP contribution in [0.5, 0.6) is 0 Å². The molecule has 0 aromatic heterocycles.